The van der Waals surface area contributed by atoms with Crippen molar-refractivity contribution >= 4 is 12.0 Å². The molecule has 0 saturated carbocycles. The molecule has 0 unspecified atom stereocenters. The number of benzene rings is 1. The van der Waals surface area contributed by atoms with Crippen molar-refractivity contribution in [2.24, 2.45) is 0 Å². The second kappa shape index (κ2) is 5.08. The smallest absolute Gasteiger partial charge is 0.310 e. The first-order valence-corrected chi connectivity index (χ1v) is 6.56. The van der Waals surface area contributed by atoms with Gasteiger partial charge in [0.25, 0.3) is 0 Å². The molecule has 1 heterocycles. The molecule has 102 valence electrons. The van der Waals surface area contributed by atoms with Crippen LogP contribution in [0.1, 0.15) is 38.8 Å². The van der Waals surface area contributed by atoms with Crippen molar-refractivity contribution in [2.45, 2.75) is 45.8 Å². The zero-order chi connectivity index (χ0) is 14.0. The Kier molecular flexibility index (Phi) is 3.65. The van der Waals surface area contributed by atoms with E-state index in [1.165, 1.54) is 0 Å². The quantitative estimate of drug-likeness (QED) is 0.782. The zero-order valence-electron chi connectivity index (χ0n) is 11.9. The molecule has 0 amide bonds. The summed E-state index contributed by atoms with van der Waals surface area (Å²) in [5.41, 5.74) is 1.68. The van der Waals surface area contributed by atoms with Gasteiger partial charge in [-0.1, -0.05) is 12.1 Å². The number of carbonyl (C=O) groups excluding carboxylic acids is 1. The van der Waals surface area contributed by atoms with Gasteiger partial charge in [0.2, 0.25) is 0 Å². The van der Waals surface area contributed by atoms with Crippen molar-refractivity contribution < 1.29 is 14.3 Å². The molecule has 0 aliphatic carbocycles. The van der Waals surface area contributed by atoms with Gasteiger partial charge in [-0.25, -0.2) is 0 Å². The second-order valence-corrected chi connectivity index (χ2v) is 5.63. The molecule has 3 heteroatoms. The highest BCUT2D eigenvalue weighted by Gasteiger charge is 2.21. The van der Waals surface area contributed by atoms with Crippen molar-refractivity contribution in [1.82, 2.24) is 0 Å². The average molecular weight is 260 g/mol. The molecule has 1 aromatic rings. The summed E-state index contributed by atoms with van der Waals surface area (Å²) in [6, 6.07) is 5.80. The van der Waals surface area contributed by atoms with Gasteiger partial charge in [-0.2, -0.15) is 0 Å². The first-order chi connectivity index (χ1) is 8.85. The summed E-state index contributed by atoms with van der Waals surface area (Å²) in [5, 5.41) is 0. The molecule has 3 nitrogen and oxygen atoms in total. The van der Waals surface area contributed by atoms with Crippen LogP contribution < -0.4 is 4.74 Å². The zero-order valence-corrected chi connectivity index (χ0v) is 11.9. The van der Waals surface area contributed by atoms with E-state index in [-0.39, 0.29) is 17.7 Å². The number of hydrogen-bond acceptors (Lipinski definition) is 3. The number of hydrogen-bond donors (Lipinski definition) is 0. The number of esters is 1. The first-order valence-electron chi connectivity index (χ1n) is 6.56. The van der Waals surface area contributed by atoms with Crippen LogP contribution in [0.3, 0.4) is 0 Å². The Balaban J connectivity index is 2.12. The molecule has 0 fully saturated rings. The number of rotatable bonds is 3. The summed E-state index contributed by atoms with van der Waals surface area (Å²) in [6.45, 7) is 7.73. The third kappa shape index (κ3) is 3.60. The van der Waals surface area contributed by atoms with Crippen LogP contribution in [-0.4, -0.2) is 17.7 Å². The van der Waals surface area contributed by atoms with E-state index in [0.717, 1.165) is 16.9 Å². The Bertz CT molecular complexity index is 513. The van der Waals surface area contributed by atoms with E-state index in [4.69, 9.17) is 9.47 Å². The first kappa shape index (κ1) is 13.7. The van der Waals surface area contributed by atoms with Gasteiger partial charge in [0.1, 0.15) is 11.4 Å². The standard InChI is InChI=1S/C16H20O3/c1-11(2)18-15(17)10-12-5-6-14-13(9-12)7-8-16(3,4)19-14/h5-9,11H,10H2,1-4H3. The topological polar surface area (TPSA) is 35.5 Å². The van der Waals surface area contributed by atoms with Crippen LogP contribution in [0.15, 0.2) is 24.3 Å². The van der Waals surface area contributed by atoms with Gasteiger partial charge in [0.05, 0.1) is 12.5 Å². The Morgan fingerprint density at radius 3 is 2.79 bits per heavy atom. The van der Waals surface area contributed by atoms with E-state index in [0.29, 0.717) is 6.42 Å². The van der Waals surface area contributed by atoms with E-state index >= 15 is 0 Å². The lowest BCUT2D eigenvalue weighted by Gasteiger charge is -2.28. The Hall–Kier alpha value is -1.77. The van der Waals surface area contributed by atoms with Crippen LogP contribution >= 0.6 is 0 Å². The predicted octanol–water partition coefficient (Wildman–Crippen LogP) is 3.36. The molecule has 0 saturated heterocycles. The van der Waals surface area contributed by atoms with Crippen LogP contribution in [0, 0.1) is 0 Å². The van der Waals surface area contributed by atoms with E-state index < -0.39 is 0 Å². The third-order valence-electron chi connectivity index (χ3n) is 2.83. The maximum atomic E-state index is 11.6. The van der Waals surface area contributed by atoms with E-state index in [2.05, 4.69) is 0 Å². The highest BCUT2D eigenvalue weighted by Crippen LogP contribution is 2.31. The molecule has 19 heavy (non-hydrogen) atoms. The molecule has 0 radical (unpaired) electrons. The Morgan fingerprint density at radius 2 is 2.11 bits per heavy atom. The van der Waals surface area contributed by atoms with E-state index in [1.54, 1.807) is 0 Å². The molecule has 0 aromatic heterocycles. The minimum absolute atomic E-state index is 0.0749. The minimum Gasteiger partial charge on any atom is -0.483 e. The number of fused-ring (bicyclic) bond motifs is 1. The lowest BCUT2D eigenvalue weighted by Crippen LogP contribution is -2.27. The summed E-state index contributed by atoms with van der Waals surface area (Å²) in [6.07, 6.45) is 4.28. The van der Waals surface area contributed by atoms with Crippen LogP contribution in [0.4, 0.5) is 0 Å². The van der Waals surface area contributed by atoms with E-state index in [1.807, 2.05) is 58.0 Å². The van der Waals surface area contributed by atoms with Crippen molar-refractivity contribution in [3.63, 3.8) is 0 Å². The van der Waals surface area contributed by atoms with Gasteiger partial charge in [-0.3, -0.25) is 4.79 Å². The van der Waals surface area contributed by atoms with Crippen LogP contribution in [0.2, 0.25) is 0 Å². The van der Waals surface area contributed by atoms with Gasteiger partial charge >= 0.3 is 5.97 Å². The van der Waals surface area contributed by atoms with Crippen molar-refractivity contribution in [1.29, 1.82) is 0 Å². The summed E-state index contributed by atoms with van der Waals surface area (Å²) < 4.78 is 11.0. The number of ether oxygens (including phenoxy) is 2. The fourth-order valence-corrected chi connectivity index (χ4v) is 2.01. The average Bonchev–Trinajstić information content (AvgIpc) is 2.27. The Morgan fingerprint density at radius 1 is 1.37 bits per heavy atom. The summed E-state index contributed by atoms with van der Waals surface area (Å²) in [7, 11) is 0. The SMILES string of the molecule is CC(C)OC(=O)Cc1ccc2c(c1)C=CC(C)(C)O2. The fraction of sp³-hybridized carbons (Fsp3) is 0.438. The van der Waals surface area contributed by atoms with E-state index in [9.17, 15) is 4.79 Å². The van der Waals surface area contributed by atoms with Gasteiger partial charge < -0.3 is 9.47 Å². The predicted molar refractivity (Wildman–Crippen MR) is 75.1 cm³/mol. The highest BCUT2D eigenvalue weighted by atomic mass is 16.5. The normalized spacial score (nSPS) is 15.8. The molecular formula is C16H20O3. The summed E-state index contributed by atoms with van der Waals surface area (Å²) >= 11 is 0. The van der Waals surface area contributed by atoms with Crippen LogP contribution in [0.5, 0.6) is 5.75 Å². The monoisotopic (exact) mass is 260 g/mol. The molecule has 1 aliphatic heterocycles. The van der Waals surface area contributed by atoms with Gasteiger partial charge in [-0.15, -0.1) is 0 Å². The molecular weight excluding hydrogens is 240 g/mol. The lowest BCUT2D eigenvalue weighted by molar-refractivity contribution is -0.146. The molecule has 0 atom stereocenters. The molecule has 0 spiro atoms. The maximum absolute atomic E-state index is 11.6. The second-order valence-electron chi connectivity index (χ2n) is 5.63. The fourth-order valence-electron chi connectivity index (χ4n) is 2.01. The minimum atomic E-state index is -0.273. The summed E-state index contributed by atoms with van der Waals surface area (Å²) in [4.78, 5) is 11.6. The van der Waals surface area contributed by atoms with Gasteiger partial charge in [0.15, 0.2) is 0 Å². The molecule has 0 bridgehead atoms. The summed E-state index contributed by atoms with van der Waals surface area (Å²) in [5.74, 6) is 0.657. The maximum Gasteiger partial charge on any atom is 0.310 e. The Labute approximate surface area is 114 Å². The largest absolute Gasteiger partial charge is 0.483 e. The third-order valence-corrected chi connectivity index (χ3v) is 2.83. The lowest BCUT2D eigenvalue weighted by atomic mass is 10.00. The molecule has 2 rings (SSSR count). The van der Waals surface area contributed by atoms with Crippen molar-refractivity contribution in [3.05, 3.63) is 35.4 Å². The highest BCUT2D eigenvalue weighted by molar-refractivity contribution is 5.73. The number of carbonyl (C=O) groups is 1. The van der Waals surface area contributed by atoms with Crippen molar-refractivity contribution in [2.75, 3.05) is 0 Å². The van der Waals surface area contributed by atoms with Crippen LogP contribution in [0.25, 0.3) is 6.08 Å². The van der Waals surface area contributed by atoms with Crippen LogP contribution in [-0.2, 0) is 16.0 Å². The molecule has 1 aliphatic rings. The van der Waals surface area contributed by atoms with Gasteiger partial charge in [-0.05, 0) is 51.5 Å². The molecule has 0 N–H and O–H groups in total. The molecule has 1 aromatic carbocycles. The van der Waals surface area contributed by atoms with Crippen molar-refractivity contribution in [3.8, 4) is 5.75 Å². The van der Waals surface area contributed by atoms with Gasteiger partial charge in [0, 0.05) is 5.56 Å².